The fraction of sp³-hybridized carbons (Fsp3) is 0.467. The second kappa shape index (κ2) is 7.23. The number of hydrogen-bond donors (Lipinski definition) is 3. The Hall–Kier alpha value is -2.05. The van der Waals surface area contributed by atoms with Crippen molar-refractivity contribution in [2.45, 2.75) is 49.4 Å². The first-order chi connectivity index (χ1) is 11.6. The topological polar surface area (TPSA) is 120 Å². The molecule has 4 N–H and O–H groups in total. The highest BCUT2D eigenvalue weighted by molar-refractivity contribution is 8.00. The molecule has 1 atom stereocenters. The molecular weight excluding hydrogens is 344 g/mol. The van der Waals surface area contributed by atoms with Crippen molar-refractivity contribution in [2.75, 3.05) is 11.1 Å². The molecule has 0 radical (unpaired) electrons. The number of nitrogens with two attached hydrogens (primary N) is 1. The summed E-state index contributed by atoms with van der Waals surface area (Å²) in [4.78, 5) is 17.7. The van der Waals surface area contributed by atoms with Crippen molar-refractivity contribution >= 4 is 40.0 Å². The highest BCUT2D eigenvalue weighted by Crippen LogP contribution is 2.37. The third-order valence-corrected chi connectivity index (χ3v) is 6.07. The Bertz CT molecular complexity index is 790. The van der Waals surface area contributed by atoms with Gasteiger partial charge in [-0.3, -0.25) is 4.79 Å². The fourth-order valence-corrected chi connectivity index (χ4v) is 4.66. The second-order valence-corrected chi connectivity index (χ2v) is 8.05. The van der Waals surface area contributed by atoms with Crippen LogP contribution in [0, 0.1) is 11.3 Å². The Morgan fingerprint density at radius 2 is 2.25 bits per heavy atom. The van der Waals surface area contributed by atoms with Gasteiger partial charge in [0.15, 0.2) is 0 Å². The molecule has 1 aliphatic carbocycles. The highest BCUT2D eigenvalue weighted by Gasteiger charge is 2.23. The third kappa shape index (κ3) is 3.55. The molecular formula is C15H18N6OS2. The van der Waals surface area contributed by atoms with Gasteiger partial charge in [0.1, 0.15) is 11.1 Å². The molecule has 7 nitrogen and oxygen atoms in total. The first-order valence-electron chi connectivity index (χ1n) is 7.78. The van der Waals surface area contributed by atoms with Crippen molar-refractivity contribution < 1.29 is 4.79 Å². The zero-order valence-corrected chi connectivity index (χ0v) is 14.9. The second-order valence-electron chi connectivity index (χ2n) is 5.63. The summed E-state index contributed by atoms with van der Waals surface area (Å²) in [6.07, 6.45) is 5.35. The number of nitriles is 1. The van der Waals surface area contributed by atoms with Gasteiger partial charge in [-0.25, -0.2) is 5.10 Å². The van der Waals surface area contributed by atoms with Crippen LogP contribution in [0.2, 0.25) is 0 Å². The van der Waals surface area contributed by atoms with Gasteiger partial charge in [-0.05, 0) is 38.2 Å². The summed E-state index contributed by atoms with van der Waals surface area (Å²) in [6.45, 7) is 1.77. The van der Waals surface area contributed by atoms with Crippen molar-refractivity contribution in [2.24, 2.45) is 0 Å². The predicted octanol–water partition coefficient (Wildman–Crippen LogP) is 2.71. The van der Waals surface area contributed by atoms with E-state index in [1.807, 2.05) is 0 Å². The van der Waals surface area contributed by atoms with Crippen molar-refractivity contribution in [1.29, 1.82) is 5.26 Å². The number of thioether (sulfide) groups is 1. The molecule has 0 aliphatic heterocycles. The summed E-state index contributed by atoms with van der Waals surface area (Å²) in [5.74, 6) is 0.0511. The molecule has 2 heterocycles. The molecule has 3 rings (SSSR count). The van der Waals surface area contributed by atoms with Crippen LogP contribution in [0.5, 0.6) is 0 Å². The summed E-state index contributed by atoms with van der Waals surface area (Å²) in [5.41, 5.74) is 7.23. The first-order valence-corrected chi connectivity index (χ1v) is 9.48. The standard InChI is InChI=1S/C15H18N6OS2/c1-8(23-15-19-14(17)20-21-15)12(22)18-13-10(7-16)9-5-3-2-4-6-11(9)24-13/h8H,2-6H2,1H3,(H,18,22)(H3,17,19,20,21). The molecule has 0 bridgehead atoms. The van der Waals surface area contributed by atoms with Crippen LogP contribution in [-0.2, 0) is 17.6 Å². The van der Waals surface area contributed by atoms with E-state index in [2.05, 4.69) is 26.6 Å². The summed E-state index contributed by atoms with van der Waals surface area (Å²) in [7, 11) is 0. The summed E-state index contributed by atoms with van der Waals surface area (Å²) < 4.78 is 0. The number of fused-ring (bicyclic) bond motifs is 1. The Morgan fingerprint density at radius 3 is 2.96 bits per heavy atom. The molecule has 0 saturated carbocycles. The van der Waals surface area contributed by atoms with Crippen molar-refractivity contribution in [3.63, 3.8) is 0 Å². The van der Waals surface area contributed by atoms with Gasteiger partial charge in [0.2, 0.25) is 17.0 Å². The Labute approximate surface area is 148 Å². The number of thiophene rings is 1. The normalized spacial score (nSPS) is 15.2. The molecule has 2 aromatic rings. The molecule has 24 heavy (non-hydrogen) atoms. The van der Waals surface area contributed by atoms with Crippen LogP contribution in [-0.4, -0.2) is 26.3 Å². The lowest BCUT2D eigenvalue weighted by Crippen LogP contribution is -2.22. The molecule has 0 aromatic carbocycles. The van der Waals surface area contributed by atoms with Gasteiger partial charge < -0.3 is 11.1 Å². The van der Waals surface area contributed by atoms with E-state index < -0.39 is 5.25 Å². The lowest BCUT2D eigenvalue weighted by molar-refractivity contribution is -0.115. The number of anilines is 2. The minimum absolute atomic E-state index is 0.170. The number of aromatic nitrogens is 3. The largest absolute Gasteiger partial charge is 0.368 e. The van der Waals surface area contributed by atoms with Crippen molar-refractivity contribution in [3.05, 3.63) is 16.0 Å². The van der Waals surface area contributed by atoms with E-state index in [1.54, 1.807) is 6.92 Å². The third-order valence-electron chi connectivity index (χ3n) is 3.90. The Morgan fingerprint density at radius 1 is 1.46 bits per heavy atom. The molecule has 1 amide bonds. The lowest BCUT2D eigenvalue weighted by atomic mass is 10.1. The molecule has 1 aliphatic rings. The monoisotopic (exact) mass is 362 g/mol. The molecule has 126 valence electrons. The summed E-state index contributed by atoms with van der Waals surface area (Å²) in [6, 6.07) is 2.27. The van der Waals surface area contributed by atoms with Gasteiger partial charge in [-0.2, -0.15) is 10.2 Å². The van der Waals surface area contributed by atoms with Gasteiger partial charge in [0, 0.05) is 4.88 Å². The number of nitrogens with zero attached hydrogens (tertiary/aromatic N) is 3. The van der Waals surface area contributed by atoms with Gasteiger partial charge in [0.05, 0.1) is 10.8 Å². The van der Waals surface area contributed by atoms with E-state index in [-0.39, 0.29) is 11.9 Å². The van der Waals surface area contributed by atoms with Gasteiger partial charge in [0.25, 0.3) is 0 Å². The number of hydrogen-bond acceptors (Lipinski definition) is 7. The molecule has 1 unspecified atom stereocenters. The van der Waals surface area contributed by atoms with E-state index in [0.29, 0.717) is 15.7 Å². The lowest BCUT2D eigenvalue weighted by Gasteiger charge is -2.09. The van der Waals surface area contributed by atoms with Crippen molar-refractivity contribution in [3.8, 4) is 6.07 Å². The van der Waals surface area contributed by atoms with Gasteiger partial charge >= 0.3 is 0 Å². The number of carbonyl (C=O) groups excluding carboxylic acids is 1. The van der Waals surface area contributed by atoms with E-state index in [9.17, 15) is 10.1 Å². The average molecular weight is 362 g/mol. The number of nitrogens with one attached hydrogen (secondary N) is 2. The zero-order valence-electron chi connectivity index (χ0n) is 13.3. The van der Waals surface area contributed by atoms with E-state index in [0.717, 1.165) is 31.2 Å². The zero-order chi connectivity index (χ0) is 17.1. The maximum Gasteiger partial charge on any atom is 0.238 e. The van der Waals surface area contributed by atoms with E-state index in [4.69, 9.17) is 5.73 Å². The van der Waals surface area contributed by atoms with Crippen LogP contribution in [0.1, 0.15) is 42.2 Å². The van der Waals surface area contributed by atoms with Gasteiger partial charge in [-0.15, -0.1) is 16.4 Å². The predicted molar refractivity (Wildman–Crippen MR) is 95.0 cm³/mol. The average Bonchev–Trinajstić information content (AvgIpc) is 3.02. The number of carbonyl (C=O) groups is 1. The maximum absolute atomic E-state index is 12.4. The summed E-state index contributed by atoms with van der Waals surface area (Å²) in [5, 5.41) is 19.6. The van der Waals surface area contributed by atoms with Crippen LogP contribution in [0.15, 0.2) is 5.16 Å². The number of rotatable bonds is 4. The number of nitrogen functional groups attached to an aromatic ring is 1. The van der Waals surface area contributed by atoms with Crippen LogP contribution in [0.3, 0.4) is 0 Å². The van der Waals surface area contributed by atoms with Crippen molar-refractivity contribution in [1.82, 2.24) is 15.2 Å². The highest BCUT2D eigenvalue weighted by atomic mass is 32.2. The molecule has 0 saturated heterocycles. The number of aryl methyl sites for hydroxylation is 1. The van der Waals surface area contributed by atoms with Crippen LogP contribution < -0.4 is 11.1 Å². The van der Waals surface area contributed by atoms with Crippen LogP contribution >= 0.6 is 23.1 Å². The number of H-pyrrole nitrogens is 1. The Balaban J connectivity index is 1.73. The Kier molecular flexibility index (Phi) is 5.06. The molecule has 0 fully saturated rings. The quantitative estimate of drug-likeness (QED) is 0.568. The number of amides is 1. The summed E-state index contributed by atoms with van der Waals surface area (Å²) >= 11 is 2.75. The van der Waals surface area contributed by atoms with Gasteiger partial charge in [-0.1, -0.05) is 18.2 Å². The molecule has 0 spiro atoms. The molecule has 2 aromatic heterocycles. The fourth-order valence-electron chi connectivity index (χ4n) is 2.69. The molecule has 9 heteroatoms. The van der Waals surface area contributed by atoms with E-state index >= 15 is 0 Å². The minimum Gasteiger partial charge on any atom is -0.368 e. The van der Waals surface area contributed by atoms with Crippen LogP contribution in [0.25, 0.3) is 0 Å². The first kappa shape index (κ1) is 16.8. The van der Waals surface area contributed by atoms with E-state index in [1.165, 1.54) is 34.4 Å². The maximum atomic E-state index is 12.4. The number of aromatic amines is 1. The smallest absolute Gasteiger partial charge is 0.238 e. The van der Waals surface area contributed by atoms with Crippen LogP contribution in [0.4, 0.5) is 10.9 Å². The minimum atomic E-state index is -0.395. The SMILES string of the molecule is CC(Sc1n[nH]c(N)n1)C(=O)Nc1sc2c(c1C#N)CCCCC2.